The van der Waals surface area contributed by atoms with E-state index in [1.807, 2.05) is 0 Å². The molecule has 1 atom stereocenters. The first kappa shape index (κ1) is 14.1. The molecular formula is C13H19ClN4O. The van der Waals surface area contributed by atoms with Crippen molar-refractivity contribution >= 4 is 23.3 Å². The molecule has 5 nitrogen and oxygen atoms in total. The van der Waals surface area contributed by atoms with Crippen LogP contribution >= 0.6 is 11.6 Å². The number of pyridine rings is 1. The number of aromatic nitrogens is 1. The molecule has 2 heterocycles. The van der Waals surface area contributed by atoms with Crippen LogP contribution in [-0.4, -0.2) is 42.5 Å². The molecule has 1 fully saturated rings. The summed E-state index contributed by atoms with van der Waals surface area (Å²) < 4.78 is 0. The van der Waals surface area contributed by atoms with E-state index < -0.39 is 0 Å². The molecule has 104 valence electrons. The van der Waals surface area contributed by atoms with Crippen LogP contribution in [0.1, 0.15) is 23.2 Å². The van der Waals surface area contributed by atoms with Crippen molar-refractivity contribution in [3.05, 3.63) is 22.8 Å². The van der Waals surface area contributed by atoms with Crippen LogP contribution in [0, 0.1) is 5.92 Å². The number of anilines is 1. The first-order valence-electron chi connectivity index (χ1n) is 6.44. The normalized spacial score (nSPS) is 20.2. The Morgan fingerprint density at radius 2 is 2.42 bits per heavy atom. The van der Waals surface area contributed by atoms with Gasteiger partial charge in [0.05, 0.1) is 0 Å². The van der Waals surface area contributed by atoms with E-state index in [9.17, 15) is 4.79 Å². The average Bonchev–Trinajstić information content (AvgIpc) is 2.35. The summed E-state index contributed by atoms with van der Waals surface area (Å²) in [5, 5.41) is 3.17. The minimum atomic E-state index is -0.149. The smallest absolute Gasteiger partial charge is 0.251 e. The van der Waals surface area contributed by atoms with Gasteiger partial charge in [-0.15, -0.1) is 0 Å². The molecule has 2 rings (SSSR count). The molecule has 1 aromatic rings. The zero-order valence-electron chi connectivity index (χ0n) is 11.0. The lowest BCUT2D eigenvalue weighted by Gasteiger charge is -2.29. The molecule has 0 radical (unpaired) electrons. The van der Waals surface area contributed by atoms with Crippen molar-refractivity contribution in [3.8, 4) is 0 Å². The summed E-state index contributed by atoms with van der Waals surface area (Å²) in [6, 6.07) is 3.06. The third kappa shape index (κ3) is 4.08. The SMILES string of the molecule is CN1CCCC(CNC(=O)c2cc(N)nc(Cl)c2)C1. The summed E-state index contributed by atoms with van der Waals surface area (Å²) in [5.41, 5.74) is 6.03. The lowest BCUT2D eigenvalue weighted by Crippen LogP contribution is -2.39. The number of hydrogen-bond donors (Lipinski definition) is 2. The van der Waals surface area contributed by atoms with Crippen molar-refractivity contribution < 1.29 is 4.79 Å². The van der Waals surface area contributed by atoms with Gasteiger partial charge in [0.1, 0.15) is 11.0 Å². The van der Waals surface area contributed by atoms with Crippen molar-refractivity contribution in [1.29, 1.82) is 0 Å². The van der Waals surface area contributed by atoms with Gasteiger partial charge in [0.15, 0.2) is 0 Å². The number of halogens is 1. The number of rotatable bonds is 3. The van der Waals surface area contributed by atoms with Gasteiger partial charge in [-0.3, -0.25) is 4.79 Å². The van der Waals surface area contributed by atoms with E-state index in [1.165, 1.54) is 18.6 Å². The molecule has 6 heteroatoms. The second kappa shape index (κ2) is 6.21. The van der Waals surface area contributed by atoms with Gasteiger partial charge in [-0.05, 0) is 44.5 Å². The van der Waals surface area contributed by atoms with E-state index >= 15 is 0 Å². The summed E-state index contributed by atoms with van der Waals surface area (Å²) in [6.45, 7) is 2.85. The molecule has 0 saturated carbocycles. The number of carbonyl (C=O) groups excluding carboxylic acids is 1. The fourth-order valence-electron chi connectivity index (χ4n) is 2.43. The molecule has 1 aliphatic rings. The van der Waals surface area contributed by atoms with Crippen LogP contribution in [0.5, 0.6) is 0 Å². The fourth-order valence-corrected chi connectivity index (χ4v) is 2.64. The highest BCUT2D eigenvalue weighted by molar-refractivity contribution is 6.29. The maximum atomic E-state index is 12.0. The summed E-state index contributed by atoms with van der Waals surface area (Å²) in [6.07, 6.45) is 2.34. The van der Waals surface area contributed by atoms with Crippen molar-refractivity contribution in [2.75, 3.05) is 32.4 Å². The number of nitrogens with one attached hydrogen (secondary N) is 1. The Morgan fingerprint density at radius 3 is 3.11 bits per heavy atom. The Morgan fingerprint density at radius 1 is 1.63 bits per heavy atom. The summed E-state index contributed by atoms with van der Waals surface area (Å²) in [4.78, 5) is 18.1. The number of piperidine rings is 1. The van der Waals surface area contributed by atoms with Gasteiger partial charge in [-0.1, -0.05) is 11.6 Å². The standard InChI is InChI=1S/C13H19ClN4O/c1-18-4-2-3-9(8-18)7-16-13(19)10-5-11(14)17-12(15)6-10/h5-6,9H,2-4,7-8H2,1H3,(H2,15,17)(H,16,19). The Bertz CT molecular complexity index is 446. The maximum Gasteiger partial charge on any atom is 0.251 e. The number of likely N-dealkylation sites (tertiary alicyclic amines) is 1. The summed E-state index contributed by atoms with van der Waals surface area (Å²) >= 11 is 5.78. The van der Waals surface area contributed by atoms with Crippen molar-refractivity contribution in [1.82, 2.24) is 15.2 Å². The molecule has 1 amide bonds. The van der Waals surface area contributed by atoms with Gasteiger partial charge in [0.2, 0.25) is 0 Å². The highest BCUT2D eigenvalue weighted by atomic mass is 35.5. The van der Waals surface area contributed by atoms with Crippen molar-refractivity contribution in [2.24, 2.45) is 5.92 Å². The Kier molecular flexibility index (Phi) is 4.61. The van der Waals surface area contributed by atoms with Gasteiger partial charge in [-0.2, -0.15) is 0 Å². The first-order valence-corrected chi connectivity index (χ1v) is 6.82. The molecule has 0 bridgehead atoms. The number of nitrogens with zero attached hydrogens (tertiary/aromatic N) is 2. The molecule has 0 aliphatic carbocycles. The van der Waals surface area contributed by atoms with Crippen LogP contribution in [0.3, 0.4) is 0 Å². The molecule has 1 saturated heterocycles. The minimum Gasteiger partial charge on any atom is -0.384 e. The quantitative estimate of drug-likeness (QED) is 0.822. The molecule has 19 heavy (non-hydrogen) atoms. The van der Waals surface area contributed by atoms with Crippen LogP contribution in [0.25, 0.3) is 0 Å². The average molecular weight is 283 g/mol. The molecule has 1 unspecified atom stereocenters. The lowest BCUT2D eigenvalue weighted by atomic mass is 9.98. The Labute approximate surface area is 118 Å². The second-order valence-corrected chi connectivity index (χ2v) is 5.47. The van der Waals surface area contributed by atoms with Crippen LogP contribution in [-0.2, 0) is 0 Å². The fraction of sp³-hybridized carbons (Fsp3) is 0.538. The molecular weight excluding hydrogens is 264 g/mol. The molecule has 3 N–H and O–H groups in total. The minimum absolute atomic E-state index is 0.149. The number of hydrogen-bond acceptors (Lipinski definition) is 4. The van der Waals surface area contributed by atoms with Crippen LogP contribution in [0.4, 0.5) is 5.82 Å². The monoisotopic (exact) mass is 282 g/mol. The predicted molar refractivity (Wildman–Crippen MR) is 76.2 cm³/mol. The predicted octanol–water partition coefficient (Wildman–Crippen LogP) is 1.39. The topological polar surface area (TPSA) is 71.2 Å². The first-order chi connectivity index (χ1) is 9.04. The van der Waals surface area contributed by atoms with Crippen LogP contribution in [0.15, 0.2) is 12.1 Å². The van der Waals surface area contributed by atoms with Crippen LogP contribution in [0.2, 0.25) is 5.15 Å². The third-order valence-electron chi connectivity index (χ3n) is 3.35. The number of amides is 1. The third-order valence-corrected chi connectivity index (χ3v) is 3.54. The number of nitrogen functional groups attached to an aromatic ring is 1. The lowest BCUT2D eigenvalue weighted by molar-refractivity contribution is 0.0936. The van der Waals surface area contributed by atoms with Crippen LogP contribution < -0.4 is 11.1 Å². The van der Waals surface area contributed by atoms with Gasteiger partial charge in [-0.25, -0.2) is 4.98 Å². The van der Waals surface area contributed by atoms with Gasteiger partial charge >= 0.3 is 0 Å². The summed E-state index contributed by atoms with van der Waals surface area (Å²) in [7, 11) is 2.11. The van der Waals surface area contributed by atoms with E-state index in [0.717, 1.165) is 19.5 Å². The molecule has 1 aliphatic heterocycles. The Hall–Kier alpha value is -1.33. The van der Waals surface area contributed by atoms with E-state index in [2.05, 4.69) is 22.2 Å². The maximum absolute atomic E-state index is 12.0. The number of nitrogens with two attached hydrogens (primary N) is 1. The Balaban J connectivity index is 1.90. The highest BCUT2D eigenvalue weighted by Gasteiger charge is 2.18. The number of carbonyl (C=O) groups is 1. The van der Waals surface area contributed by atoms with Crippen molar-refractivity contribution in [2.45, 2.75) is 12.8 Å². The highest BCUT2D eigenvalue weighted by Crippen LogP contribution is 2.15. The van der Waals surface area contributed by atoms with E-state index in [1.54, 1.807) is 0 Å². The van der Waals surface area contributed by atoms with Crippen molar-refractivity contribution in [3.63, 3.8) is 0 Å². The molecule has 0 spiro atoms. The largest absolute Gasteiger partial charge is 0.384 e. The van der Waals surface area contributed by atoms with Gasteiger partial charge in [0.25, 0.3) is 5.91 Å². The molecule has 1 aromatic heterocycles. The van der Waals surface area contributed by atoms with E-state index in [-0.39, 0.29) is 16.9 Å². The van der Waals surface area contributed by atoms with Gasteiger partial charge < -0.3 is 16.0 Å². The molecule has 0 aromatic carbocycles. The van der Waals surface area contributed by atoms with E-state index in [0.29, 0.717) is 18.0 Å². The van der Waals surface area contributed by atoms with Gasteiger partial charge in [0, 0.05) is 18.7 Å². The summed E-state index contributed by atoms with van der Waals surface area (Å²) in [5.74, 6) is 0.622. The second-order valence-electron chi connectivity index (χ2n) is 5.08. The zero-order valence-corrected chi connectivity index (χ0v) is 11.8. The zero-order chi connectivity index (χ0) is 13.8. The van der Waals surface area contributed by atoms with E-state index in [4.69, 9.17) is 17.3 Å².